The molecule has 7 heteroatoms. The van der Waals surface area contributed by atoms with Gasteiger partial charge in [0, 0.05) is 116 Å². The second-order valence-corrected chi connectivity index (χ2v) is 32.6. The molecule has 121 heavy (non-hydrogen) atoms. The van der Waals surface area contributed by atoms with Crippen LogP contribution in [0.4, 0.5) is 51.2 Å². The molecule has 7 nitrogen and oxygen atoms in total. The average Bonchev–Trinajstić information content (AvgIpc) is 1.51. The number of hydrogen-bond donors (Lipinski definition) is 0. The van der Waals surface area contributed by atoms with Gasteiger partial charge in [0.25, 0.3) is 0 Å². The molecule has 6 aromatic heterocycles. The van der Waals surface area contributed by atoms with Crippen molar-refractivity contribution in [1.82, 2.24) is 8.80 Å². The predicted octanol–water partition coefficient (Wildman–Crippen LogP) is 32.8. The van der Waals surface area contributed by atoms with Crippen LogP contribution >= 0.6 is 0 Å². The van der Waals surface area contributed by atoms with Crippen LogP contribution in [-0.4, -0.2) is 8.80 Å². The maximum atomic E-state index is 6.41. The van der Waals surface area contributed by atoms with E-state index in [2.05, 4.69) is 433 Å². The Morgan fingerprint density at radius 3 is 0.917 bits per heavy atom. The van der Waals surface area contributed by atoms with E-state index in [-0.39, 0.29) is 0 Å². The van der Waals surface area contributed by atoms with Crippen molar-refractivity contribution in [3.8, 4) is 44.5 Å². The number of hydrogen-bond acceptors (Lipinski definition) is 5. The van der Waals surface area contributed by atoms with Crippen LogP contribution in [0.15, 0.2) is 415 Å². The van der Waals surface area contributed by atoms with Crippen molar-refractivity contribution in [2.45, 2.75) is 39.5 Å². The normalized spacial score (nSPS) is 12.0. The summed E-state index contributed by atoms with van der Waals surface area (Å²) in [7, 11) is 0. The van der Waals surface area contributed by atoms with Gasteiger partial charge in [0.05, 0.1) is 44.5 Å². The van der Waals surface area contributed by atoms with E-state index < -0.39 is 0 Å². The van der Waals surface area contributed by atoms with Crippen LogP contribution in [0.3, 0.4) is 0 Å². The predicted molar refractivity (Wildman–Crippen MR) is 511 cm³/mol. The molecular formula is C114H81N5O2. The van der Waals surface area contributed by atoms with Crippen LogP contribution in [0.1, 0.15) is 50.7 Å². The Balaban J connectivity index is 0.000000142. The van der Waals surface area contributed by atoms with Gasteiger partial charge in [0.2, 0.25) is 0 Å². The van der Waals surface area contributed by atoms with Gasteiger partial charge in [0.15, 0.2) is 0 Å². The molecule has 0 N–H and O–H groups in total. The molecule has 0 bridgehead atoms. The first kappa shape index (κ1) is 70.9. The Hall–Kier alpha value is -15.4. The quantitative estimate of drug-likeness (QED) is 0.102. The van der Waals surface area contributed by atoms with Gasteiger partial charge in [-0.15, -0.1) is 0 Å². The highest BCUT2D eigenvalue weighted by molar-refractivity contribution is 6.32. The summed E-state index contributed by atoms with van der Waals surface area (Å²) in [6.45, 7) is 9.03. The fraction of sp³-hybridized carbons (Fsp3) is 0.0526. The first-order valence-electron chi connectivity index (χ1n) is 42.0. The number of fused-ring (bicyclic) bond motifs is 18. The molecule has 0 aliphatic rings. The lowest BCUT2D eigenvalue weighted by Crippen LogP contribution is -2.10. The van der Waals surface area contributed by atoms with Crippen LogP contribution in [0.25, 0.3) is 165 Å². The Labute approximate surface area is 700 Å². The van der Waals surface area contributed by atoms with Gasteiger partial charge in [-0.2, -0.15) is 0 Å². The van der Waals surface area contributed by atoms with Crippen molar-refractivity contribution in [2.24, 2.45) is 0 Å². The van der Waals surface area contributed by atoms with E-state index in [1.807, 2.05) is 24.3 Å². The van der Waals surface area contributed by atoms with E-state index >= 15 is 0 Å². The van der Waals surface area contributed by atoms with Crippen molar-refractivity contribution in [2.75, 3.05) is 14.7 Å². The molecule has 0 saturated heterocycles. The lowest BCUT2D eigenvalue weighted by atomic mass is 9.99. The molecule has 24 rings (SSSR count). The Morgan fingerprint density at radius 2 is 0.521 bits per heavy atom. The molecule has 0 spiro atoms. The summed E-state index contributed by atoms with van der Waals surface area (Å²) >= 11 is 0. The number of nitrogens with zero attached hydrogens (tertiary/aromatic N) is 5. The summed E-state index contributed by atoms with van der Waals surface area (Å²) in [5.41, 5.74) is 33.0. The first-order valence-corrected chi connectivity index (χ1v) is 42.0. The standard InChI is InChI=1S/C60H46N4.C54H35NO2/c1-37(2)39-23-27-43(28-24-39)61(41-15-7-5-8-16-41)53-33-31-45-49-35-56-50(36-55(49)63-51-21-13-11-19-47(51)57(53)59(45)63)46-32-34-54(58-48-20-12-14-22-52(48)64(56)60(46)58)62(42-17-9-6-10-18-42)44-29-25-40(26-30-44)38(3)4;1-2-10-36(11-3-1)37-20-22-38(23-21-37)39-24-30-42(31-25-39)55(43-32-26-40(27-33-43)45-14-8-16-49-47-12-4-6-18-51(47)56-53(45)49)44-34-28-41(29-35-44)46-15-9-17-50-48-13-5-7-19-52(48)57-54(46)50/h5-38H,1-4H3;1-35H. The molecule has 0 radical (unpaired) electrons. The molecule has 24 aromatic rings. The van der Waals surface area contributed by atoms with Crippen molar-refractivity contribution >= 4 is 171 Å². The molecule has 0 amide bonds. The van der Waals surface area contributed by atoms with E-state index in [4.69, 9.17) is 8.83 Å². The zero-order chi connectivity index (χ0) is 80.5. The Morgan fingerprint density at radius 1 is 0.215 bits per heavy atom. The van der Waals surface area contributed by atoms with E-state index in [1.54, 1.807) is 0 Å². The van der Waals surface area contributed by atoms with Gasteiger partial charge >= 0.3 is 0 Å². The van der Waals surface area contributed by atoms with Gasteiger partial charge in [-0.1, -0.05) is 301 Å². The van der Waals surface area contributed by atoms with Crippen molar-refractivity contribution in [1.29, 1.82) is 0 Å². The van der Waals surface area contributed by atoms with Crippen molar-refractivity contribution in [3.63, 3.8) is 0 Å². The van der Waals surface area contributed by atoms with E-state index in [0.29, 0.717) is 11.8 Å². The molecule has 0 fully saturated rings. The summed E-state index contributed by atoms with van der Waals surface area (Å²) in [6, 6.07) is 147. The molecule has 0 unspecified atom stereocenters. The highest BCUT2D eigenvalue weighted by atomic mass is 16.3. The zero-order valence-electron chi connectivity index (χ0n) is 67.4. The van der Waals surface area contributed by atoms with Gasteiger partial charge in [0.1, 0.15) is 22.3 Å². The fourth-order valence-electron chi connectivity index (χ4n) is 19.1. The number of anilines is 9. The van der Waals surface area contributed by atoms with E-state index in [9.17, 15) is 0 Å². The summed E-state index contributed by atoms with van der Waals surface area (Å²) in [5.74, 6) is 0.923. The third-order valence-corrected chi connectivity index (χ3v) is 25.0. The molecule has 0 aliphatic heterocycles. The van der Waals surface area contributed by atoms with Crippen LogP contribution in [-0.2, 0) is 0 Å². The molecule has 574 valence electrons. The molecular weight excluding hydrogens is 1470 g/mol. The minimum atomic E-state index is 0.462. The SMILES string of the molecule is CC(C)c1ccc(N(c2ccccc2)c2ccc3c4cc5c(cc4n4c6ccccc6c2c34)c2ccc(N(c3ccccc3)c3ccc(C(C)C)cc3)c3c4ccccc4n5c23)cc1.c1ccc(-c2ccc(-c3ccc(N(c4ccc(-c5cccc6c5oc5ccccc56)cc4)c4ccc(-c5cccc6c5oc5ccccc56)cc4)cc3)cc2)cc1. The smallest absolute Gasteiger partial charge is 0.143 e. The lowest BCUT2D eigenvalue weighted by molar-refractivity contribution is 0.669. The third-order valence-electron chi connectivity index (χ3n) is 25.0. The van der Waals surface area contributed by atoms with Gasteiger partial charge in [-0.25, -0.2) is 0 Å². The lowest BCUT2D eigenvalue weighted by Gasteiger charge is -2.27. The second-order valence-electron chi connectivity index (χ2n) is 32.6. The number of aromatic nitrogens is 2. The summed E-state index contributed by atoms with van der Waals surface area (Å²) < 4.78 is 17.9. The van der Waals surface area contributed by atoms with E-state index in [1.165, 1.54) is 121 Å². The Kier molecular flexibility index (Phi) is 16.8. The monoisotopic (exact) mass is 1550 g/mol. The minimum absolute atomic E-state index is 0.462. The first-order chi connectivity index (χ1) is 59.7. The average molecular weight is 1550 g/mol. The van der Waals surface area contributed by atoms with Gasteiger partial charge in [-0.3, -0.25) is 0 Å². The van der Waals surface area contributed by atoms with Crippen LogP contribution in [0.5, 0.6) is 0 Å². The molecule has 6 heterocycles. The fourth-order valence-corrected chi connectivity index (χ4v) is 19.1. The van der Waals surface area contributed by atoms with Crippen molar-refractivity contribution in [3.05, 3.63) is 418 Å². The molecule has 0 saturated carbocycles. The van der Waals surface area contributed by atoms with Crippen LogP contribution in [0.2, 0.25) is 0 Å². The summed E-state index contributed by atoms with van der Waals surface area (Å²) in [6.07, 6.45) is 0. The van der Waals surface area contributed by atoms with Gasteiger partial charge in [-0.05, 0) is 190 Å². The topological polar surface area (TPSA) is 44.8 Å². The van der Waals surface area contributed by atoms with Crippen LogP contribution < -0.4 is 14.7 Å². The molecule has 0 atom stereocenters. The molecule has 18 aromatic carbocycles. The molecule has 0 aliphatic carbocycles. The second kappa shape index (κ2) is 28.7. The van der Waals surface area contributed by atoms with Crippen molar-refractivity contribution < 1.29 is 8.83 Å². The van der Waals surface area contributed by atoms with E-state index in [0.717, 1.165) is 106 Å². The summed E-state index contributed by atoms with van der Waals surface area (Å²) in [4.78, 5) is 7.20. The Bertz CT molecular complexity index is 7610. The number of rotatable bonds is 15. The highest BCUT2D eigenvalue weighted by Crippen LogP contribution is 2.53. The number of para-hydroxylation sites is 8. The minimum Gasteiger partial charge on any atom is -0.455 e. The maximum Gasteiger partial charge on any atom is 0.143 e. The maximum absolute atomic E-state index is 6.41. The number of benzene rings is 18. The number of furan rings is 2. The highest BCUT2D eigenvalue weighted by Gasteiger charge is 2.29. The largest absolute Gasteiger partial charge is 0.455 e. The zero-order valence-corrected chi connectivity index (χ0v) is 67.4. The van der Waals surface area contributed by atoms with Gasteiger partial charge < -0.3 is 32.3 Å². The van der Waals surface area contributed by atoms with Crippen LogP contribution in [0, 0.1) is 0 Å². The summed E-state index contributed by atoms with van der Waals surface area (Å²) in [5, 5.41) is 14.6. The third kappa shape index (κ3) is 11.7.